The monoisotopic (exact) mass is 458 g/mol. The first-order valence-corrected chi connectivity index (χ1v) is 11.9. The van der Waals surface area contributed by atoms with E-state index in [1.165, 1.54) is 11.6 Å². The molecule has 1 saturated heterocycles. The van der Waals surface area contributed by atoms with Gasteiger partial charge in [0, 0.05) is 60.2 Å². The second-order valence-corrected chi connectivity index (χ2v) is 9.77. The highest BCUT2D eigenvalue weighted by Crippen LogP contribution is 2.58. The van der Waals surface area contributed by atoms with Gasteiger partial charge in [0.1, 0.15) is 5.82 Å². The zero-order chi connectivity index (χ0) is 23.3. The summed E-state index contributed by atoms with van der Waals surface area (Å²) in [5.74, 6) is 0.326. The highest BCUT2D eigenvalue weighted by atomic mass is 19.1. The van der Waals surface area contributed by atoms with Crippen molar-refractivity contribution in [2.24, 2.45) is 5.92 Å². The molecular formula is C27H27FN4O2. The summed E-state index contributed by atoms with van der Waals surface area (Å²) in [7, 11) is 0. The van der Waals surface area contributed by atoms with Gasteiger partial charge in [-0.05, 0) is 48.9 Å². The Morgan fingerprint density at radius 3 is 2.65 bits per heavy atom. The van der Waals surface area contributed by atoms with Crippen molar-refractivity contribution in [2.45, 2.75) is 37.1 Å². The first-order valence-electron chi connectivity index (χ1n) is 11.9. The van der Waals surface area contributed by atoms with E-state index in [1.807, 2.05) is 4.90 Å². The van der Waals surface area contributed by atoms with E-state index in [0.29, 0.717) is 23.6 Å². The molecule has 6 rings (SSSR count). The molecule has 7 heteroatoms. The van der Waals surface area contributed by atoms with Crippen molar-refractivity contribution in [3.63, 3.8) is 0 Å². The summed E-state index contributed by atoms with van der Waals surface area (Å²) >= 11 is 0. The van der Waals surface area contributed by atoms with Crippen LogP contribution in [0, 0.1) is 11.7 Å². The summed E-state index contributed by atoms with van der Waals surface area (Å²) in [6.45, 7) is 1.58. The van der Waals surface area contributed by atoms with E-state index in [2.05, 4.69) is 33.1 Å². The molecule has 0 radical (unpaired) electrons. The predicted octanol–water partition coefficient (Wildman–Crippen LogP) is 4.37. The number of fused-ring (bicyclic) bond motifs is 2. The Hall–Kier alpha value is -3.32. The van der Waals surface area contributed by atoms with Crippen LogP contribution in [0.5, 0.6) is 0 Å². The lowest BCUT2D eigenvalue weighted by molar-refractivity contribution is -0.123. The van der Waals surface area contributed by atoms with Gasteiger partial charge in [0.2, 0.25) is 12.4 Å². The number of likely N-dealkylation sites (tertiary alicyclic amines) is 1. The highest BCUT2D eigenvalue weighted by Gasteiger charge is 2.52. The number of hydrogen-bond acceptors (Lipinski definition) is 5. The van der Waals surface area contributed by atoms with Gasteiger partial charge in [0.25, 0.3) is 0 Å². The Morgan fingerprint density at radius 1 is 1.15 bits per heavy atom. The Kier molecular flexibility index (Phi) is 5.10. The van der Waals surface area contributed by atoms with Crippen LogP contribution in [0.3, 0.4) is 0 Å². The van der Waals surface area contributed by atoms with Gasteiger partial charge in [-0.2, -0.15) is 0 Å². The van der Waals surface area contributed by atoms with Gasteiger partial charge in [-0.25, -0.2) is 14.4 Å². The van der Waals surface area contributed by atoms with E-state index < -0.39 is 0 Å². The third kappa shape index (κ3) is 3.38. The van der Waals surface area contributed by atoms with Crippen LogP contribution in [0.2, 0.25) is 0 Å². The fraction of sp³-hybridized carbons (Fsp3) is 0.370. The maximum absolute atomic E-state index is 14.2. The predicted molar refractivity (Wildman–Crippen MR) is 127 cm³/mol. The van der Waals surface area contributed by atoms with Crippen LogP contribution in [0.4, 0.5) is 16.0 Å². The summed E-state index contributed by atoms with van der Waals surface area (Å²) < 4.78 is 14.2. The van der Waals surface area contributed by atoms with Gasteiger partial charge in [0.05, 0.1) is 6.04 Å². The van der Waals surface area contributed by atoms with E-state index in [1.54, 1.807) is 30.6 Å². The number of amides is 1. The lowest BCUT2D eigenvalue weighted by Crippen LogP contribution is -2.39. The van der Waals surface area contributed by atoms with Gasteiger partial charge in [-0.1, -0.05) is 30.3 Å². The molecule has 174 valence electrons. The van der Waals surface area contributed by atoms with Gasteiger partial charge in [-0.15, -0.1) is 0 Å². The number of piperidine rings is 1. The number of aliphatic hydroxyl groups is 1. The molecule has 6 nitrogen and oxygen atoms in total. The number of carbonyl (C=O) groups excluding carboxylic acids is 1. The topological polar surface area (TPSA) is 69.6 Å². The SMILES string of the molecule is O=CN1CCC[C@@H](CO)C1c1ccc2c(c1)N(c1ncc(-c3ccccc3F)cn1)CC21CC1. The standard InChI is InChI=1S/C27H27FN4O2/c28-23-6-2-1-5-21(23)20-13-29-26(30-14-20)32-16-27(9-10-27)22-8-7-18(12-24(22)32)25-19(15-33)4-3-11-31(25)17-34/h1-2,5-8,12-14,17,19,25,33H,3-4,9-11,15-16H2/t19-,25?/m0/s1. The second-order valence-electron chi connectivity index (χ2n) is 9.77. The Bertz CT molecular complexity index is 1230. The van der Waals surface area contributed by atoms with Crippen molar-refractivity contribution < 1.29 is 14.3 Å². The number of hydrogen-bond donors (Lipinski definition) is 1. The lowest BCUT2D eigenvalue weighted by Gasteiger charge is -2.39. The van der Waals surface area contributed by atoms with Crippen molar-refractivity contribution in [1.82, 2.24) is 14.9 Å². The molecule has 3 aliphatic rings. The molecule has 3 aromatic rings. The number of aliphatic hydroxyl groups excluding tert-OH is 1. The molecule has 2 atom stereocenters. The molecule has 1 aliphatic carbocycles. The molecule has 0 bridgehead atoms. The maximum Gasteiger partial charge on any atom is 0.229 e. The van der Waals surface area contributed by atoms with Crippen molar-refractivity contribution in [3.05, 3.63) is 71.8 Å². The van der Waals surface area contributed by atoms with Gasteiger partial charge in [-0.3, -0.25) is 4.79 Å². The first kappa shape index (κ1) is 21.2. The largest absolute Gasteiger partial charge is 0.396 e. The van der Waals surface area contributed by atoms with Crippen LogP contribution in [0.25, 0.3) is 11.1 Å². The van der Waals surface area contributed by atoms with Gasteiger partial charge >= 0.3 is 0 Å². The molecule has 1 saturated carbocycles. The molecule has 3 heterocycles. The number of aromatic nitrogens is 2. The molecule has 1 aromatic heterocycles. The number of nitrogens with zero attached hydrogens (tertiary/aromatic N) is 4. The lowest BCUT2D eigenvalue weighted by atomic mass is 9.84. The van der Waals surface area contributed by atoms with Crippen LogP contribution in [-0.2, 0) is 10.2 Å². The van der Waals surface area contributed by atoms with E-state index in [-0.39, 0.29) is 29.8 Å². The summed E-state index contributed by atoms with van der Waals surface area (Å²) in [6, 6.07) is 13.0. The minimum absolute atomic E-state index is 0.0260. The van der Waals surface area contributed by atoms with Gasteiger partial charge in [0.15, 0.2) is 0 Å². The third-order valence-electron chi connectivity index (χ3n) is 7.77. The van der Waals surface area contributed by atoms with Crippen molar-refractivity contribution in [1.29, 1.82) is 0 Å². The van der Waals surface area contributed by atoms with E-state index >= 15 is 0 Å². The number of benzene rings is 2. The van der Waals surface area contributed by atoms with Crippen LogP contribution >= 0.6 is 0 Å². The number of carbonyl (C=O) groups is 1. The number of halogens is 1. The average molecular weight is 459 g/mol. The maximum atomic E-state index is 14.2. The summed E-state index contributed by atoms with van der Waals surface area (Å²) in [5.41, 5.74) is 4.67. The smallest absolute Gasteiger partial charge is 0.229 e. The van der Waals surface area contributed by atoms with Crippen molar-refractivity contribution in [3.8, 4) is 11.1 Å². The second kappa shape index (κ2) is 8.17. The zero-order valence-electron chi connectivity index (χ0n) is 18.9. The minimum Gasteiger partial charge on any atom is -0.396 e. The van der Waals surface area contributed by atoms with Crippen molar-refractivity contribution in [2.75, 3.05) is 24.6 Å². The molecule has 1 spiro atoms. The van der Waals surface area contributed by atoms with Gasteiger partial charge < -0.3 is 14.9 Å². The number of anilines is 2. The fourth-order valence-corrected chi connectivity index (χ4v) is 5.81. The molecule has 2 aromatic carbocycles. The fourth-order valence-electron chi connectivity index (χ4n) is 5.81. The molecule has 1 unspecified atom stereocenters. The summed E-state index contributed by atoms with van der Waals surface area (Å²) in [4.78, 5) is 25.0. The molecule has 1 N–H and O–H groups in total. The first-order chi connectivity index (χ1) is 16.6. The van der Waals surface area contributed by atoms with Crippen LogP contribution in [0.1, 0.15) is 42.9 Å². The molecule has 2 fully saturated rings. The Morgan fingerprint density at radius 2 is 1.94 bits per heavy atom. The molecule has 34 heavy (non-hydrogen) atoms. The summed E-state index contributed by atoms with van der Waals surface area (Å²) in [6.07, 6.45) is 8.33. The molecule has 1 amide bonds. The Balaban J connectivity index is 1.37. The molecule has 2 aliphatic heterocycles. The van der Waals surface area contributed by atoms with E-state index in [4.69, 9.17) is 0 Å². The number of rotatable bonds is 5. The zero-order valence-corrected chi connectivity index (χ0v) is 18.9. The quantitative estimate of drug-likeness (QED) is 0.575. The van der Waals surface area contributed by atoms with Crippen LogP contribution in [-0.4, -0.2) is 46.1 Å². The van der Waals surface area contributed by atoms with Crippen LogP contribution in [0.15, 0.2) is 54.9 Å². The van der Waals surface area contributed by atoms with E-state index in [0.717, 1.165) is 49.9 Å². The Labute approximate surface area is 198 Å². The third-order valence-corrected chi connectivity index (χ3v) is 7.77. The van der Waals surface area contributed by atoms with E-state index in [9.17, 15) is 14.3 Å². The van der Waals surface area contributed by atoms with Crippen molar-refractivity contribution >= 4 is 18.0 Å². The average Bonchev–Trinajstić information content (AvgIpc) is 3.60. The normalized spacial score (nSPS) is 22.6. The summed E-state index contributed by atoms with van der Waals surface area (Å²) in [5, 5.41) is 9.99. The van der Waals surface area contributed by atoms with Crippen LogP contribution < -0.4 is 4.90 Å². The minimum atomic E-state index is -0.294. The highest BCUT2D eigenvalue weighted by molar-refractivity contribution is 5.73. The molecular weight excluding hydrogens is 431 g/mol.